The fourth-order valence-corrected chi connectivity index (χ4v) is 3.16. The predicted octanol–water partition coefficient (Wildman–Crippen LogP) is 3.24. The van der Waals surface area contributed by atoms with E-state index in [1.165, 1.54) is 16.5 Å². The molecule has 0 spiro atoms. The number of hydrogen-bond donors (Lipinski definition) is 4. The maximum absolute atomic E-state index is 5.84. The van der Waals surface area contributed by atoms with E-state index in [9.17, 15) is 0 Å². The first kappa shape index (κ1) is 17.8. The minimum Gasteiger partial charge on any atom is -0.368 e. The quantitative estimate of drug-likeness (QED) is 0.378. The molecular weight excluding hydrogens is 350 g/mol. The molecule has 0 atom stereocenters. The van der Waals surface area contributed by atoms with Crippen molar-refractivity contribution in [2.75, 3.05) is 29.5 Å². The lowest BCUT2D eigenvalue weighted by molar-refractivity contribution is 0.947. The number of hydrogen-bond acceptors (Lipinski definition) is 6. The number of H-pyrrole nitrogens is 1. The van der Waals surface area contributed by atoms with Crippen molar-refractivity contribution >= 4 is 28.7 Å². The van der Waals surface area contributed by atoms with E-state index in [0.717, 1.165) is 24.9 Å². The summed E-state index contributed by atoms with van der Waals surface area (Å²) in [6, 6.07) is 18.6. The summed E-state index contributed by atoms with van der Waals surface area (Å²) in [6.45, 7) is 1.43. The van der Waals surface area contributed by atoms with Gasteiger partial charge in [-0.05, 0) is 30.0 Å². The van der Waals surface area contributed by atoms with Crippen molar-refractivity contribution in [2.45, 2.75) is 12.8 Å². The minimum absolute atomic E-state index is 0.201. The van der Waals surface area contributed by atoms with E-state index < -0.39 is 0 Å². The molecule has 0 bridgehead atoms. The molecule has 0 aliphatic heterocycles. The van der Waals surface area contributed by atoms with Crippen LogP contribution in [0, 0.1) is 0 Å². The number of aromatic nitrogens is 4. The lowest BCUT2D eigenvalue weighted by Gasteiger charge is -2.09. The highest BCUT2D eigenvalue weighted by Gasteiger charge is 2.06. The minimum atomic E-state index is 0.201. The Morgan fingerprint density at radius 3 is 2.25 bits per heavy atom. The number of aromatic amines is 1. The van der Waals surface area contributed by atoms with E-state index in [-0.39, 0.29) is 5.95 Å². The van der Waals surface area contributed by atoms with Crippen LogP contribution >= 0.6 is 0 Å². The van der Waals surface area contributed by atoms with E-state index in [1.807, 2.05) is 36.5 Å². The van der Waals surface area contributed by atoms with Crippen LogP contribution in [0.4, 0.5) is 17.8 Å². The highest BCUT2D eigenvalue weighted by Crippen LogP contribution is 2.18. The molecule has 142 valence electrons. The second kappa shape index (κ2) is 8.39. The van der Waals surface area contributed by atoms with Crippen molar-refractivity contribution in [2.24, 2.45) is 0 Å². The summed E-state index contributed by atoms with van der Waals surface area (Å²) in [5, 5.41) is 7.69. The Bertz CT molecular complexity index is 1040. The third-order valence-electron chi connectivity index (χ3n) is 4.54. The zero-order valence-electron chi connectivity index (χ0n) is 15.5. The van der Waals surface area contributed by atoms with E-state index >= 15 is 0 Å². The molecule has 7 nitrogen and oxygen atoms in total. The summed E-state index contributed by atoms with van der Waals surface area (Å²) in [5.74, 6) is 1.17. The number of anilines is 3. The van der Waals surface area contributed by atoms with Crippen molar-refractivity contribution in [3.05, 3.63) is 71.9 Å². The fourth-order valence-electron chi connectivity index (χ4n) is 3.16. The van der Waals surface area contributed by atoms with Gasteiger partial charge in [-0.1, -0.05) is 48.5 Å². The van der Waals surface area contributed by atoms with Gasteiger partial charge in [-0.2, -0.15) is 15.0 Å². The first-order valence-electron chi connectivity index (χ1n) is 9.36. The first-order chi connectivity index (χ1) is 13.8. The summed E-state index contributed by atoms with van der Waals surface area (Å²) in [5.41, 5.74) is 9.50. The van der Waals surface area contributed by atoms with Crippen LogP contribution in [0.2, 0.25) is 0 Å². The van der Waals surface area contributed by atoms with Crippen molar-refractivity contribution in [1.82, 2.24) is 19.9 Å². The summed E-state index contributed by atoms with van der Waals surface area (Å²) in [6.07, 6.45) is 3.78. The van der Waals surface area contributed by atoms with Crippen LogP contribution in [0.15, 0.2) is 60.8 Å². The fraction of sp³-hybridized carbons (Fsp3) is 0.190. The molecule has 2 heterocycles. The van der Waals surface area contributed by atoms with Crippen molar-refractivity contribution in [1.29, 1.82) is 0 Å². The Kier molecular flexibility index (Phi) is 5.33. The van der Waals surface area contributed by atoms with Crippen LogP contribution in [-0.2, 0) is 12.8 Å². The maximum atomic E-state index is 5.84. The summed E-state index contributed by atoms with van der Waals surface area (Å²) in [4.78, 5) is 16.0. The van der Waals surface area contributed by atoms with Crippen LogP contribution in [-0.4, -0.2) is 33.0 Å². The van der Waals surface area contributed by atoms with E-state index in [1.54, 1.807) is 0 Å². The molecule has 4 rings (SSSR count). The summed E-state index contributed by atoms with van der Waals surface area (Å²) < 4.78 is 0. The van der Waals surface area contributed by atoms with Gasteiger partial charge in [0.25, 0.3) is 0 Å². The molecule has 0 aliphatic rings. The zero-order valence-corrected chi connectivity index (χ0v) is 15.5. The summed E-state index contributed by atoms with van der Waals surface area (Å²) >= 11 is 0. The number of nitrogen functional groups attached to an aromatic ring is 1. The second-order valence-electron chi connectivity index (χ2n) is 6.54. The largest absolute Gasteiger partial charge is 0.368 e. The zero-order chi connectivity index (χ0) is 19.2. The molecule has 0 saturated carbocycles. The van der Waals surface area contributed by atoms with Crippen LogP contribution in [0.3, 0.4) is 0 Å². The monoisotopic (exact) mass is 373 g/mol. The third-order valence-corrected chi connectivity index (χ3v) is 4.54. The van der Waals surface area contributed by atoms with Gasteiger partial charge in [0.2, 0.25) is 17.8 Å². The van der Waals surface area contributed by atoms with E-state index in [0.29, 0.717) is 18.4 Å². The topological polar surface area (TPSA) is 105 Å². The Hall–Kier alpha value is -3.61. The molecule has 2 aromatic heterocycles. The molecule has 0 saturated heterocycles. The first-order valence-corrected chi connectivity index (χ1v) is 9.36. The molecule has 0 radical (unpaired) electrons. The van der Waals surface area contributed by atoms with Crippen molar-refractivity contribution in [3.8, 4) is 0 Å². The molecule has 5 N–H and O–H groups in total. The van der Waals surface area contributed by atoms with E-state index in [2.05, 4.69) is 54.8 Å². The predicted molar refractivity (Wildman–Crippen MR) is 113 cm³/mol. The highest BCUT2D eigenvalue weighted by molar-refractivity contribution is 5.83. The lowest BCUT2D eigenvalue weighted by Crippen LogP contribution is -2.14. The average Bonchev–Trinajstić information content (AvgIpc) is 3.12. The molecule has 0 fully saturated rings. The van der Waals surface area contributed by atoms with Gasteiger partial charge in [-0.3, -0.25) is 0 Å². The number of fused-ring (bicyclic) bond motifs is 1. The van der Waals surface area contributed by atoms with Crippen LogP contribution in [0.25, 0.3) is 10.9 Å². The van der Waals surface area contributed by atoms with Crippen LogP contribution in [0.5, 0.6) is 0 Å². The Balaban J connectivity index is 1.33. The summed E-state index contributed by atoms with van der Waals surface area (Å²) in [7, 11) is 0. The lowest BCUT2D eigenvalue weighted by atomic mass is 10.1. The molecule has 7 heteroatoms. The van der Waals surface area contributed by atoms with Crippen molar-refractivity contribution < 1.29 is 0 Å². The standard InChI is InChI=1S/C21H23N7/c22-19-26-20(23-12-10-15-6-2-1-3-7-15)28-21(27-19)24-13-11-16-14-25-18-9-5-4-8-17(16)18/h1-9,14,25H,10-13H2,(H4,22,23,24,26,27,28). The van der Waals surface area contributed by atoms with Gasteiger partial charge < -0.3 is 21.4 Å². The SMILES string of the molecule is Nc1nc(NCCc2ccccc2)nc(NCCc2c[nH]c3ccccc23)n1. The van der Waals surface area contributed by atoms with Gasteiger partial charge in [-0.25, -0.2) is 0 Å². The normalized spacial score (nSPS) is 10.9. The smallest absolute Gasteiger partial charge is 0.229 e. The Labute approximate surface area is 163 Å². The number of nitrogens with zero attached hydrogens (tertiary/aromatic N) is 3. The van der Waals surface area contributed by atoms with Crippen molar-refractivity contribution in [3.63, 3.8) is 0 Å². The average molecular weight is 373 g/mol. The van der Waals surface area contributed by atoms with Gasteiger partial charge in [0.05, 0.1) is 0 Å². The molecule has 0 unspecified atom stereocenters. The van der Waals surface area contributed by atoms with Crippen LogP contribution in [0.1, 0.15) is 11.1 Å². The molecular formula is C21H23N7. The second-order valence-corrected chi connectivity index (χ2v) is 6.54. The number of rotatable bonds is 8. The Morgan fingerprint density at radius 2 is 1.46 bits per heavy atom. The number of benzene rings is 2. The molecule has 2 aromatic carbocycles. The van der Waals surface area contributed by atoms with Crippen LogP contribution < -0.4 is 16.4 Å². The van der Waals surface area contributed by atoms with Gasteiger partial charge in [0.15, 0.2) is 0 Å². The maximum Gasteiger partial charge on any atom is 0.229 e. The number of nitrogens with one attached hydrogen (secondary N) is 3. The number of para-hydroxylation sites is 1. The van der Waals surface area contributed by atoms with Gasteiger partial charge >= 0.3 is 0 Å². The van der Waals surface area contributed by atoms with Gasteiger partial charge in [0.1, 0.15) is 0 Å². The molecule has 28 heavy (non-hydrogen) atoms. The number of nitrogens with two attached hydrogens (primary N) is 1. The Morgan fingerprint density at radius 1 is 0.786 bits per heavy atom. The third kappa shape index (κ3) is 4.37. The molecule has 0 aliphatic carbocycles. The molecule has 0 amide bonds. The van der Waals surface area contributed by atoms with E-state index in [4.69, 9.17) is 5.73 Å². The van der Waals surface area contributed by atoms with Gasteiger partial charge in [-0.15, -0.1) is 0 Å². The highest BCUT2D eigenvalue weighted by atomic mass is 15.2. The van der Waals surface area contributed by atoms with Gasteiger partial charge in [0, 0.05) is 30.2 Å². The molecule has 4 aromatic rings.